The Hall–Kier alpha value is -2.92. The topological polar surface area (TPSA) is 45.2 Å². The van der Waals surface area contributed by atoms with Crippen molar-refractivity contribution in [2.75, 3.05) is 12.4 Å². The molecule has 0 saturated carbocycles. The summed E-state index contributed by atoms with van der Waals surface area (Å²) < 4.78 is 1.07. The van der Waals surface area contributed by atoms with Crippen molar-refractivity contribution in [2.24, 2.45) is 0 Å². The molecule has 1 aromatic heterocycles. The zero-order valence-corrected chi connectivity index (χ0v) is 17.1. The second-order valence-electron chi connectivity index (χ2n) is 6.52. The highest BCUT2D eigenvalue weighted by Crippen LogP contribution is 2.25. The molecule has 4 nitrogen and oxygen atoms in total. The summed E-state index contributed by atoms with van der Waals surface area (Å²) in [7, 11) is 2.07. The number of amides is 1. The van der Waals surface area contributed by atoms with Gasteiger partial charge in [0, 0.05) is 25.7 Å². The minimum Gasteiger partial charge on any atom is -0.371 e. The predicted octanol–water partition coefficient (Wildman–Crippen LogP) is 5.61. The predicted molar refractivity (Wildman–Crippen MR) is 118 cm³/mol. The molecule has 0 fully saturated rings. The van der Waals surface area contributed by atoms with Crippen LogP contribution in [0.4, 0.5) is 5.13 Å². The van der Waals surface area contributed by atoms with Gasteiger partial charge in [-0.05, 0) is 30.2 Å². The molecular formula is C23H25N3OS. The van der Waals surface area contributed by atoms with E-state index in [2.05, 4.69) is 59.5 Å². The number of likely N-dealkylation sites (N-methyl/N-ethyl adjacent to an activating group) is 1. The molecule has 0 aliphatic carbocycles. The number of nitrogens with zero attached hydrogens (tertiary/aromatic N) is 2. The van der Waals surface area contributed by atoms with Crippen LogP contribution in [0.3, 0.4) is 0 Å². The fraction of sp³-hybridized carbons (Fsp3) is 0.217. The first-order valence-electron chi connectivity index (χ1n) is 9.43. The van der Waals surface area contributed by atoms with Crippen molar-refractivity contribution < 1.29 is 4.79 Å². The minimum absolute atomic E-state index is 0.0585. The van der Waals surface area contributed by atoms with E-state index in [0.717, 1.165) is 28.9 Å². The van der Waals surface area contributed by atoms with Crippen LogP contribution < -0.4 is 5.32 Å². The Kier molecular flexibility index (Phi) is 6.98. The molecule has 0 aliphatic heterocycles. The summed E-state index contributed by atoms with van der Waals surface area (Å²) in [6.07, 6.45) is 7.35. The van der Waals surface area contributed by atoms with E-state index in [1.54, 1.807) is 0 Å². The van der Waals surface area contributed by atoms with Crippen molar-refractivity contribution in [3.8, 4) is 0 Å². The van der Waals surface area contributed by atoms with Gasteiger partial charge in [0.15, 0.2) is 5.13 Å². The molecule has 0 bridgehead atoms. The Labute approximate surface area is 170 Å². The number of carbonyl (C=O) groups is 1. The number of hydrogen-bond donors (Lipinski definition) is 1. The Morgan fingerprint density at radius 1 is 1.14 bits per heavy atom. The summed E-state index contributed by atoms with van der Waals surface area (Å²) in [4.78, 5) is 18.9. The van der Waals surface area contributed by atoms with Crippen LogP contribution >= 0.6 is 11.3 Å². The Balaban J connectivity index is 1.57. The van der Waals surface area contributed by atoms with Crippen molar-refractivity contribution in [2.45, 2.75) is 26.3 Å². The van der Waals surface area contributed by atoms with Crippen LogP contribution in [-0.4, -0.2) is 22.8 Å². The fourth-order valence-electron chi connectivity index (χ4n) is 2.89. The van der Waals surface area contributed by atoms with Gasteiger partial charge in [0.2, 0.25) is 5.91 Å². The second-order valence-corrected chi connectivity index (χ2v) is 7.55. The second kappa shape index (κ2) is 9.85. The third-order valence-electron chi connectivity index (χ3n) is 4.25. The third kappa shape index (κ3) is 5.54. The fourth-order valence-corrected chi connectivity index (χ4v) is 3.77. The van der Waals surface area contributed by atoms with Crippen LogP contribution in [0.5, 0.6) is 0 Å². The number of nitrogens with one attached hydrogen (secondary N) is 1. The molecule has 3 aromatic rings. The summed E-state index contributed by atoms with van der Waals surface area (Å²) in [6, 6.07) is 18.2. The van der Waals surface area contributed by atoms with Crippen LogP contribution in [0.15, 0.2) is 78.5 Å². The van der Waals surface area contributed by atoms with Gasteiger partial charge >= 0.3 is 0 Å². The molecule has 0 radical (unpaired) electrons. The number of thiazole rings is 1. The molecule has 144 valence electrons. The lowest BCUT2D eigenvalue weighted by Gasteiger charge is -2.20. The number of para-hydroxylation sites is 1. The quantitative estimate of drug-likeness (QED) is 0.508. The van der Waals surface area contributed by atoms with Gasteiger partial charge < -0.3 is 10.2 Å². The van der Waals surface area contributed by atoms with E-state index in [4.69, 9.17) is 0 Å². The number of allylic oxidation sites excluding steroid dienone is 2. The molecule has 5 heteroatoms. The van der Waals surface area contributed by atoms with Gasteiger partial charge in [0.25, 0.3) is 0 Å². The number of anilines is 1. The first-order chi connectivity index (χ1) is 13.7. The average Bonchev–Trinajstić information content (AvgIpc) is 3.10. The molecule has 1 N–H and O–H groups in total. The van der Waals surface area contributed by atoms with E-state index in [9.17, 15) is 4.79 Å². The summed E-state index contributed by atoms with van der Waals surface area (Å²) in [5.74, 6) is -0.0585. The van der Waals surface area contributed by atoms with E-state index in [0.29, 0.717) is 11.6 Å². The molecule has 0 aliphatic rings. The third-order valence-corrected chi connectivity index (χ3v) is 5.20. The van der Waals surface area contributed by atoms with Crippen molar-refractivity contribution >= 4 is 32.6 Å². The molecule has 0 unspecified atom stereocenters. The van der Waals surface area contributed by atoms with Crippen LogP contribution in [0, 0.1) is 0 Å². The number of benzene rings is 2. The molecule has 1 amide bonds. The summed E-state index contributed by atoms with van der Waals surface area (Å²) in [5.41, 5.74) is 3.28. The highest BCUT2D eigenvalue weighted by molar-refractivity contribution is 7.22. The van der Waals surface area contributed by atoms with E-state index in [1.165, 1.54) is 16.9 Å². The van der Waals surface area contributed by atoms with Gasteiger partial charge in [-0.2, -0.15) is 0 Å². The van der Waals surface area contributed by atoms with Crippen molar-refractivity contribution in [1.82, 2.24) is 9.88 Å². The first kappa shape index (κ1) is 19.8. The van der Waals surface area contributed by atoms with Gasteiger partial charge in [-0.1, -0.05) is 72.9 Å². The van der Waals surface area contributed by atoms with Gasteiger partial charge in [-0.25, -0.2) is 4.98 Å². The largest absolute Gasteiger partial charge is 0.371 e. The number of aromatic nitrogens is 1. The standard InChI is InChI=1S/C23H25N3OS/c1-3-10-19(26(2)17-18-11-5-4-6-12-18)13-9-16-22(27)25-23-24-20-14-7-8-15-21(20)28-23/h4-15H,3,16-17H2,1-2H3,(H,24,25,27)/b13-9-,19-10+. The lowest BCUT2D eigenvalue weighted by Crippen LogP contribution is -2.16. The lowest BCUT2D eigenvalue weighted by molar-refractivity contribution is -0.115. The normalized spacial score (nSPS) is 11.9. The molecule has 0 saturated heterocycles. The van der Waals surface area contributed by atoms with Gasteiger partial charge in [-0.15, -0.1) is 0 Å². The average molecular weight is 392 g/mol. The molecule has 2 aromatic carbocycles. The Bertz CT molecular complexity index is 943. The zero-order valence-electron chi connectivity index (χ0n) is 16.3. The highest BCUT2D eigenvalue weighted by Gasteiger charge is 2.07. The SMILES string of the molecule is CC/C=C(\C=C/CC(=O)Nc1nc2ccccc2s1)N(C)Cc1ccccc1. The van der Waals surface area contributed by atoms with Crippen molar-refractivity contribution in [3.63, 3.8) is 0 Å². The molecule has 1 heterocycles. The molecule has 3 rings (SSSR count). The Morgan fingerprint density at radius 2 is 1.89 bits per heavy atom. The Morgan fingerprint density at radius 3 is 2.64 bits per heavy atom. The number of fused-ring (bicyclic) bond motifs is 1. The molecule has 28 heavy (non-hydrogen) atoms. The van der Waals surface area contributed by atoms with E-state index < -0.39 is 0 Å². The van der Waals surface area contributed by atoms with E-state index in [1.807, 2.05) is 42.5 Å². The minimum atomic E-state index is -0.0585. The molecular weight excluding hydrogens is 366 g/mol. The van der Waals surface area contributed by atoms with Crippen molar-refractivity contribution in [3.05, 3.63) is 84.1 Å². The summed E-state index contributed by atoms with van der Waals surface area (Å²) in [6.45, 7) is 2.94. The smallest absolute Gasteiger partial charge is 0.229 e. The van der Waals surface area contributed by atoms with Gasteiger partial charge in [0.1, 0.15) is 0 Å². The zero-order chi connectivity index (χ0) is 19.8. The summed E-state index contributed by atoms with van der Waals surface area (Å²) in [5, 5.41) is 3.53. The van der Waals surface area contributed by atoms with Crippen LogP contribution in [0.2, 0.25) is 0 Å². The molecule has 0 spiro atoms. The number of hydrogen-bond acceptors (Lipinski definition) is 4. The van der Waals surface area contributed by atoms with E-state index in [-0.39, 0.29) is 5.91 Å². The van der Waals surface area contributed by atoms with Crippen molar-refractivity contribution in [1.29, 1.82) is 0 Å². The maximum Gasteiger partial charge on any atom is 0.229 e. The maximum atomic E-state index is 12.3. The maximum absolute atomic E-state index is 12.3. The highest BCUT2D eigenvalue weighted by atomic mass is 32.1. The van der Waals surface area contributed by atoms with Gasteiger partial charge in [0.05, 0.1) is 10.2 Å². The van der Waals surface area contributed by atoms with Crippen LogP contribution in [0.1, 0.15) is 25.3 Å². The molecule has 0 atom stereocenters. The summed E-state index contributed by atoms with van der Waals surface area (Å²) >= 11 is 1.49. The monoisotopic (exact) mass is 391 g/mol. The van der Waals surface area contributed by atoms with Crippen LogP contribution in [0.25, 0.3) is 10.2 Å². The lowest BCUT2D eigenvalue weighted by atomic mass is 10.2. The first-order valence-corrected chi connectivity index (χ1v) is 10.2. The van der Waals surface area contributed by atoms with Gasteiger partial charge in [-0.3, -0.25) is 4.79 Å². The van der Waals surface area contributed by atoms with Crippen LogP contribution in [-0.2, 0) is 11.3 Å². The van der Waals surface area contributed by atoms with E-state index >= 15 is 0 Å². The number of carbonyl (C=O) groups excluding carboxylic acids is 1. The number of rotatable bonds is 8.